The van der Waals surface area contributed by atoms with Crippen molar-refractivity contribution < 1.29 is 28.7 Å². The van der Waals surface area contributed by atoms with E-state index >= 15 is 0 Å². The molecule has 0 spiro atoms. The lowest BCUT2D eigenvalue weighted by Gasteiger charge is -2.30. The van der Waals surface area contributed by atoms with E-state index in [1.165, 1.54) is 14.2 Å². The fourth-order valence-corrected chi connectivity index (χ4v) is 8.09. The number of carbonyl (C=O) groups excluding carboxylic acids is 4. The number of hydrogen-bond donors (Lipinski definition) is 4. The van der Waals surface area contributed by atoms with Gasteiger partial charge in [0.15, 0.2) is 0 Å². The molecule has 0 bridgehead atoms. The Morgan fingerprint density at radius 1 is 0.695 bits per heavy atom. The van der Waals surface area contributed by atoms with Crippen LogP contribution in [-0.4, -0.2) is 93.1 Å². The standard InChI is InChI=1S/C45H52N8O6/c1-25(2)38(50-44(56)58-6)42(54)52-18-8-9-36(52)40-46-23-35(49-40)33-17-16-31-20-30(14-15-32(31)21-33)28-10-12-29(13-11-28)34-22-47-41(48-34)37-19-27(5)24-53(37)43(55)39(26(3)4)51-45(57)59-7/h10-17,20-23,25-26,36-39H,5,8-9,18-19,24H2,1-4,6-7H3,(H,46,49)(H,47,48)(H,50,56)(H,51,57)/t36-,37-,38-,39-/m0/s1. The molecule has 0 unspecified atom stereocenters. The Morgan fingerprint density at radius 3 is 1.76 bits per heavy atom. The van der Waals surface area contributed by atoms with Crippen molar-refractivity contribution in [2.24, 2.45) is 11.8 Å². The van der Waals surface area contributed by atoms with Crippen molar-refractivity contribution in [3.63, 3.8) is 0 Å². The molecule has 2 saturated heterocycles. The Labute approximate surface area is 343 Å². The summed E-state index contributed by atoms with van der Waals surface area (Å²) in [5, 5.41) is 7.56. The third kappa shape index (κ3) is 8.57. The Hall–Kier alpha value is -6.44. The molecule has 4 atom stereocenters. The van der Waals surface area contributed by atoms with Crippen LogP contribution in [0.2, 0.25) is 0 Å². The summed E-state index contributed by atoms with van der Waals surface area (Å²) in [4.78, 5) is 71.1. The van der Waals surface area contributed by atoms with Crippen molar-refractivity contribution in [1.82, 2.24) is 40.4 Å². The van der Waals surface area contributed by atoms with Crippen molar-refractivity contribution >= 4 is 34.8 Å². The SMILES string of the molecule is C=C1C[C@@H](c2ncc(-c3ccc(-c4ccc5cc(-c6cnc([C@@H]7CCCN7C(=O)[C@@H](NC(=O)OC)C(C)C)[nH]6)ccc5c4)cc3)[nH]2)N(C(=O)[C@@H](NC(=O)OC)C(C)C)C1. The fourth-order valence-electron chi connectivity index (χ4n) is 8.09. The average molecular weight is 801 g/mol. The van der Waals surface area contributed by atoms with Gasteiger partial charge in [-0.25, -0.2) is 19.6 Å². The molecule has 2 aromatic heterocycles. The number of benzene rings is 3. The Bertz CT molecular complexity index is 2360. The molecule has 14 heteroatoms. The fraction of sp³-hybridized carbons (Fsp3) is 0.378. The molecular weight excluding hydrogens is 749 g/mol. The zero-order valence-electron chi connectivity index (χ0n) is 34.4. The molecule has 14 nitrogen and oxygen atoms in total. The Balaban J connectivity index is 1.03. The molecule has 2 aliphatic rings. The van der Waals surface area contributed by atoms with Crippen LogP contribution in [-0.2, 0) is 19.1 Å². The number of nitrogens with one attached hydrogen (secondary N) is 4. The van der Waals surface area contributed by atoms with E-state index in [9.17, 15) is 19.2 Å². The normalized spacial score (nSPS) is 17.7. The molecule has 0 aliphatic carbocycles. The molecule has 5 aromatic rings. The first kappa shape index (κ1) is 40.7. The first-order chi connectivity index (χ1) is 28.3. The van der Waals surface area contributed by atoms with Gasteiger partial charge in [-0.05, 0) is 70.7 Å². The molecule has 3 aromatic carbocycles. The zero-order chi connectivity index (χ0) is 42.0. The number of H-pyrrole nitrogens is 2. The van der Waals surface area contributed by atoms with Gasteiger partial charge in [-0.1, -0.05) is 88.4 Å². The highest BCUT2D eigenvalue weighted by Crippen LogP contribution is 2.37. The molecule has 2 fully saturated rings. The van der Waals surface area contributed by atoms with Gasteiger partial charge in [0, 0.05) is 18.7 Å². The van der Waals surface area contributed by atoms with Gasteiger partial charge in [-0.3, -0.25) is 9.59 Å². The van der Waals surface area contributed by atoms with E-state index in [1.54, 1.807) is 11.1 Å². The van der Waals surface area contributed by atoms with E-state index < -0.39 is 24.3 Å². The van der Waals surface area contributed by atoms with E-state index in [-0.39, 0.29) is 35.7 Å². The summed E-state index contributed by atoms with van der Waals surface area (Å²) < 4.78 is 9.53. The molecule has 4 N–H and O–H groups in total. The molecule has 4 amide bonds. The number of carbonyl (C=O) groups is 4. The molecule has 4 heterocycles. The van der Waals surface area contributed by atoms with Gasteiger partial charge < -0.3 is 39.9 Å². The summed E-state index contributed by atoms with van der Waals surface area (Å²) in [6, 6.07) is 19.0. The van der Waals surface area contributed by atoms with E-state index in [2.05, 4.69) is 92.8 Å². The smallest absolute Gasteiger partial charge is 0.407 e. The van der Waals surface area contributed by atoms with E-state index in [0.717, 1.165) is 68.7 Å². The number of fused-ring (bicyclic) bond motifs is 1. The van der Waals surface area contributed by atoms with Crippen LogP contribution in [0.5, 0.6) is 0 Å². The van der Waals surface area contributed by atoms with Gasteiger partial charge in [0.2, 0.25) is 11.8 Å². The Kier molecular flexibility index (Phi) is 11.9. The van der Waals surface area contributed by atoms with Gasteiger partial charge in [-0.15, -0.1) is 0 Å². The number of likely N-dealkylation sites (tertiary alicyclic amines) is 2. The van der Waals surface area contributed by atoms with Crippen molar-refractivity contribution in [2.75, 3.05) is 27.3 Å². The second-order valence-corrected chi connectivity index (χ2v) is 16.1. The number of hydrogen-bond acceptors (Lipinski definition) is 8. The van der Waals surface area contributed by atoms with E-state index in [4.69, 9.17) is 14.5 Å². The Morgan fingerprint density at radius 2 is 1.19 bits per heavy atom. The summed E-state index contributed by atoms with van der Waals surface area (Å²) >= 11 is 0. The maximum Gasteiger partial charge on any atom is 0.407 e. The van der Waals surface area contributed by atoms with Crippen LogP contribution in [0.1, 0.15) is 70.7 Å². The van der Waals surface area contributed by atoms with E-state index in [0.29, 0.717) is 25.3 Å². The number of ether oxygens (including phenoxy) is 2. The maximum absolute atomic E-state index is 13.7. The number of nitrogens with zero attached hydrogens (tertiary/aromatic N) is 4. The van der Waals surface area contributed by atoms with Crippen LogP contribution < -0.4 is 10.6 Å². The predicted molar refractivity (Wildman–Crippen MR) is 225 cm³/mol. The quantitative estimate of drug-likeness (QED) is 0.0992. The largest absolute Gasteiger partial charge is 0.453 e. The molecule has 308 valence electrons. The minimum atomic E-state index is -0.740. The molecule has 2 aliphatic heterocycles. The molecule has 0 radical (unpaired) electrons. The van der Waals surface area contributed by atoms with Crippen LogP contribution in [0.15, 0.2) is 85.2 Å². The number of methoxy groups -OCH3 is 2. The van der Waals surface area contributed by atoms with E-state index in [1.807, 2.05) is 38.8 Å². The number of alkyl carbamates (subject to hydrolysis) is 2. The highest BCUT2D eigenvalue weighted by atomic mass is 16.5. The zero-order valence-corrected chi connectivity index (χ0v) is 34.4. The number of rotatable bonds is 11. The van der Waals surface area contributed by atoms with Gasteiger partial charge in [0.05, 0.1) is 50.1 Å². The van der Waals surface area contributed by atoms with Crippen molar-refractivity contribution in [3.8, 4) is 33.6 Å². The lowest BCUT2D eigenvalue weighted by Crippen LogP contribution is -2.51. The average Bonchev–Trinajstić information content (AvgIpc) is 4.08. The van der Waals surface area contributed by atoms with Crippen molar-refractivity contribution in [2.45, 2.75) is 71.1 Å². The van der Waals surface area contributed by atoms with Crippen LogP contribution in [0.25, 0.3) is 44.4 Å². The lowest BCUT2D eigenvalue weighted by atomic mass is 9.98. The summed E-state index contributed by atoms with van der Waals surface area (Å²) in [6.07, 6.45) is 4.53. The first-order valence-electron chi connectivity index (χ1n) is 20.1. The minimum absolute atomic E-state index is 0.108. The minimum Gasteiger partial charge on any atom is -0.453 e. The highest BCUT2D eigenvalue weighted by Gasteiger charge is 2.40. The van der Waals surface area contributed by atoms with Crippen molar-refractivity contribution in [3.05, 3.63) is 96.9 Å². The van der Waals surface area contributed by atoms with Gasteiger partial charge in [0.1, 0.15) is 23.7 Å². The predicted octanol–water partition coefficient (Wildman–Crippen LogP) is 7.54. The number of aromatic amines is 2. The van der Waals surface area contributed by atoms with Crippen LogP contribution >= 0.6 is 0 Å². The van der Waals surface area contributed by atoms with Gasteiger partial charge in [0.25, 0.3) is 0 Å². The molecule has 7 rings (SSSR count). The molecule has 0 saturated carbocycles. The third-order valence-corrected chi connectivity index (χ3v) is 11.4. The molecule has 59 heavy (non-hydrogen) atoms. The number of imidazole rings is 2. The number of amides is 4. The maximum atomic E-state index is 13.7. The van der Waals surface area contributed by atoms with Gasteiger partial charge in [-0.2, -0.15) is 0 Å². The topological polar surface area (TPSA) is 175 Å². The van der Waals surface area contributed by atoms with Crippen LogP contribution in [0, 0.1) is 11.8 Å². The van der Waals surface area contributed by atoms with Crippen LogP contribution in [0.3, 0.4) is 0 Å². The summed E-state index contributed by atoms with van der Waals surface area (Å²) in [6.45, 7) is 12.7. The third-order valence-electron chi connectivity index (χ3n) is 11.4. The monoisotopic (exact) mass is 800 g/mol. The highest BCUT2D eigenvalue weighted by molar-refractivity contribution is 5.91. The summed E-state index contributed by atoms with van der Waals surface area (Å²) in [7, 11) is 2.57. The van der Waals surface area contributed by atoms with Crippen molar-refractivity contribution in [1.29, 1.82) is 0 Å². The second kappa shape index (κ2) is 17.2. The van der Waals surface area contributed by atoms with Crippen LogP contribution in [0.4, 0.5) is 9.59 Å². The first-order valence-corrected chi connectivity index (χ1v) is 20.1. The van der Waals surface area contributed by atoms with Gasteiger partial charge >= 0.3 is 12.2 Å². The summed E-state index contributed by atoms with van der Waals surface area (Å²) in [5.41, 5.74) is 6.71. The summed E-state index contributed by atoms with van der Waals surface area (Å²) in [5.74, 6) is 0.796. The number of aromatic nitrogens is 4. The second-order valence-electron chi connectivity index (χ2n) is 16.1. The molecular formula is C45H52N8O6. The lowest BCUT2D eigenvalue weighted by molar-refractivity contribution is -0.136.